The number of nitrogens with zero attached hydrogens (tertiary/aromatic N) is 1. The lowest BCUT2D eigenvalue weighted by Crippen LogP contribution is -2.38. The van der Waals surface area contributed by atoms with Gasteiger partial charge in [0.15, 0.2) is 0 Å². The van der Waals surface area contributed by atoms with Crippen LogP contribution in [0.4, 0.5) is 24.5 Å². The van der Waals surface area contributed by atoms with E-state index >= 15 is 0 Å². The van der Waals surface area contributed by atoms with Gasteiger partial charge in [0.2, 0.25) is 5.91 Å². The minimum Gasteiger partial charge on any atom is -0.324 e. The first-order chi connectivity index (χ1) is 17.5. The summed E-state index contributed by atoms with van der Waals surface area (Å²) in [4.78, 5) is 13.1. The molecule has 5 rings (SSSR count). The van der Waals surface area contributed by atoms with Crippen LogP contribution in [0, 0.1) is 6.92 Å². The normalized spacial score (nSPS) is 13.1. The Morgan fingerprint density at radius 3 is 2.30 bits per heavy atom. The van der Waals surface area contributed by atoms with Crippen LogP contribution in [0.5, 0.6) is 0 Å². The van der Waals surface area contributed by atoms with Crippen LogP contribution in [-0.2, 0) is 33.8 Å². The van der Waals surface area contributed by atoms with Crippen molar-refractivity contribution in [2.45, 2.75) is 30.8 Å². The SMILES string of the molecule is Cc1ccc(S(=O)(=O)N(CC(=O)Nc2ccc3c4c(cccc24)CC3)c2cccc(C(F)(F)F)c2)cc1. The van der Waals surface area contributed by atoms with Gasteiger partial charge in [-0.3, -0.25) is 9.10 Å². The highest BCUT2D eigenvalue weighted by Crippen LogP contribution is 2.36. The van der Waals surface area contributed by atoms with Crippen LogP contribution >= 0.6 is 0 Å². The molecule has 1 aliphatic rings. The van der Waals surface area contributed by atoms with Crippen molar-refractivity contribution in [1.82, 2.24) is 0 Å². The molecule has 1 aliphatic carbocycles. The summed E-state index contributed by atoms with van der Waals surface area (Å²) in [5.74, 6) is -0.674. The maximum atomic E-state index is 13.6. The van der Waals surface area contributed by atoms with E-state index in [-0.39, 0.29) is 10.6 Å². The molecule has 0 spiro atoms. The zero-order valence-electron chi connectivity index (χ0n) is 19.8. The summed E-state index contributed by atoms with van der Waals surface area (Å²) in [6.45, 7) is 1.08. The second kappa shape index (κ2) is 9.23. The Kier molecular flexibility index (Phi) is 6.19. The molecule has 0 saturated carbocycles. The van der Waals surface area contributed by atoms with Crippen molar-refractivity contribution in [1.29, 1.82) is 0 Å². The average molecular weight is 525 g/mol. The Bertz CT molecular complexity index is 1600. The van der Waals surface area contributed by atoms with Crippen LogP contribution in [0.2, 0.25) is 0 Å². The van der Waals surface area contributed by atoms with Crippen LogP contribution in [0.25, 0.3) is 10.8 Å². The van der Waals surface area contributed by atoms with Gasteiger partial charge in [-0.1, -0.05) is 48.0 Å². The molecule has 0 fully saturated rings. The van der Waals surface area contributed by atoms with E-state index < -0.39 is 34.2 Å². The number of benzene rings is 4. The van der Waals surface area contributed by atoms with Gasteiger partial charge in [0.25, 0.3) is 10.0 Å². The first kappa shape index (κ1) is 24.8. The lowest BCUT2D eigenvalue weighted by atomic mass is 10.0. The number of anilines is 2. The molecule has 0 bridgehead atoms. The van der Waals surface area contributed by atoms with E-state index in [0.717, 1.165) is 47.4 Å². The van der Waals surface area contributed by atoms with Gasteiger partial charge in [-0.2, -0.15) is 13.2 Å². The Hall–Kier alpha value is -3.85. The minimum absolute atomic E-state index is 0.131. The van der Waals surface area contributed by atoms with E-state index in [9.17, 15) is 26.4 Å². The summed E-state index contributed by atoms with van der Waals surface area (Å²) < 4.78 is 68.1. The number of rotatable bonds is 6. The second-order valence-electron chi connectivity index (χ2n) is 9.03. The van der Waals surface area contributed by atoms with Gasteiger partial charge < -0.3 is 5.32 Å². The van der Waals surface area contributed by atoms with Crippen molar-refractivity contribution in [2.75, 3.05) is 16.2 Å². The number of amides is 1. The second-order valence-corrected chi connectivity index (χ2v) is 10.9. The molecule has 1 N–H and O–H groups in total. The first-order valence-electron chi connectivity index (χ1n) is 11.6. The number of halogens is 3. The van der Waals surface area contributed by atoms with Crippen molar-refractivity contribution < 1.29 is 26.4 Å². The molecule has 0 heterocycles. The van der Waals surface area contributed by atoms with Crippen LogP contribution in [0.1, 0.15) is 22.3 Å². The van der Waals surface area contributed by atoms with E-state index in [1.54, 1.807) is 25.1 Å². The molecule has 190 valence electrons. The molecule has 0 saturated heterocycles. The zero-order chi connectivity index (χ0) is 26.4. The van der Waals surface area contributed by atoms with Gasteiger partial charge in [-0.25, -0.2) is 8.42 Å². The van der Waals surface area contributed by atoms with Gasteiger partial charge in [-0.15, -0.1) is 0 Å². The molecule has 9 heteroatoms. The fourth-order valence-corrected chi connectivity index (χ4v) is 6.08. The summed E-state index contributed by atoms with van der Waals surface area (Å²) in [5, 5.41) is 4.69. The number of aryl methyl sites for hydroxylation is 3. The van der Waals surface area contributed by atoms with Crippen molar-refractivity contribution in [3.8, 4) is 0 Å². The maximum Gasteiger partial charge on any atom is 0.416 e. The molecule has 4 aromatic rings. The molecule has 0 unspecified atom stereocenters. The molecule has 0 aliphatic heterocycles. The molecular formula is C28H23F3N2O3S. The lowest BCUT2D eigenvalue weighted by Gasteiger charge is -2.25. The van der Waals surface area contributed by atoms with Crippen molar-refractivity contribution in [3.05, 3.63) is 101 Å². The number of alkyl halides is 3. The fourth-order valence-electron chi connectivity index (χ4n) is 4.67. The largest absolute Gasteiger partial charge is 0.416 e. The Labute approximate surface area is 212 Å². The van der Waals surface area contributed by atoms with Gasteiger partial charge in [0.05, 0.1) is 16.1 Å². The van der Waals surface area contributed by atoms with Crippen molar-refractivity contribution >= 4 is 38.1 Å². The summed E-state index contributed by atoms with van der Waals surface area (Å²) in [6, 6.07) is 19.4. The van der Waals surface area contributed by atoms with Crippen LogP contribution < -0.4 is 9.62 Å². The predicted octanol–water partition coefficient (Wildman–Crippen LogP) is 6.10. The average Bonchev–Trinajstić information content (AvgIpc) is 3.28. The quantitative estimate of drug-likeness (QED) is 0.332. The molecular weight excluding hydrogens is 501 g/mol. The topological polar surface area (TPSA) is 66.5 Å². The first-order valence-corrected chi connectivity index (χ1v) is 13.1. The zero-order valence-corrected chi connectivity index (χ0v) is 20.7. The summed E-state index contributed by atoms with van der Waals surface area (Å²) >= 11 is 0. The molecule has 0 atom stereocenters. The van der Waals surface area contributed by atoms with E-state index in [0.29, 0.717) is 9.99 Å². The molecule has 4 aromatic carbocycles. The molecule has 0 aromatic heterocycles. The fraction of sp³-hybridized carbons (Fsp3) is 0.179. The number of carbonyl (C=O) groups is 1. The van der Waals surface area contributed by atoms with E-state index in [1.807, 2.05) is 24.3 Å². The highest BCUT2D eigenvalue weighted by Gasteiger charge is 2.33. The third kappa shape index (κ3) is 4.79. The highest BCUT2D eigenvalue weighted by atomic mass is 32.2. The van der Waals surface area contributed by atoms with Crippen LogP contribution in [-0.4, -0.2) is 20.9 Å². The lowest BCUT2D eigenvalue weighted by molar-refractivity contribution is -0.137. The molecule has 5 nitrogen and oxygen atoms in total. The van der Waals surface area contributed by atoms with Gasteiger partial charge >= 0.3 is 6.18 Å². The molecule has 1 amide bonds. The Morgan fingerprint density at radius 1 is 0.919 bits per heavy atom. The summed E-state index contributed by atoms with van der Waals surface area (Å²) in [7, 11) is -4.36. The summed E-state index contributed by atoms with van der Waals surface area (Å²) in [5.41, 5.74) is 2.42. The number of carbonyl (C=O) groups excluding carboxylic acids is 1. The molecule has 0 radical (unpaired) electrons. The summed E-state index contributed by atoms with van der Waals surface area (Å²) in [6.07, 6.45) is -2.87. The van der Waals surface area contributed by atoms with Crippen molar-refractivity contribution in [3.63, 3.8) is 0 Å². The van der Waals surface area contributed by atoms with E-state index in [2.05, 4.69) is 5.32 Å². The third-order valence-electron chi connectivity index (χ3n) is 6.51. The number of hydrogen-bond acceptors (Lipinski definition) is 3. The Morgan fingerprint density at radius 2 is 1.59 bits per heavy atom. The highest BCUT2D eigenvalue weighted by molar-refractivity contribution is 7.92. The maximum absolute atomic E-state index is 13.6. The minimum atomic E-state index is -4.68. The van der Waals surface area contributed by atoms with Gasteiger partial charge in [0.1, 0.15) is 6.54 Å². The van der Waals surface area contributed by atoms with Crippen molar-refractivity contribution in [2.24, 2.45) is 0 Å². The van der Waals surface area contributed by atoms with Gasteiger partial charge in [0, 0.05) is 11.1 Å². The monoisotopic (exact) mass is 524 g/mol. The van der Waals surface area contributed by atoms with Crippen LogP contribution in [0.3, 0.4) is 0 Å². The number of hydrogen-bond donors (Lipinski definition) is 1. The smallest absolute Gasteiger partial charge is 0.324 e. The standard InChI is InChI=1S/C28H23F3N2O3S/c1-18-8-13-23(14-9-18)37(35,36)33(22-6-3-5-21(16-22)28(29,30)31)17-26(34)32-25-15-12-20-11-10-19-4-2-7-24(25)27(19)20/h2-9,12-16H,10-11,17H2,1H3,(H,32,34). The Balaban J connectivity index is 1.52. The third-order valence-corrected chi connectivity index (χ3v) is 8.30. The predicted molar refractivity (Wildman–Crippen MR) is 137 cm³/mol. The molecule has 37 heavy (non-hydrogen) atoms. The van der Waals surface area contributed by atoms with Crippen LogP contribution in [0.15, 0.2) is 83.8 Å². The van der Waals surface area contributed by atoms with E-state index in [1.165, 1.54) is 29.3 Å². The van der Waals surface area contributed by atoms with Gasteiger partial charge in [-0.05, 0) is 72.7 Å². The number of nitrogens with one attached hydrogen (secondary N) is 1. The number of sulfonamides is 1. The van der Waals surface area contributed by atoms with E-state index in [4.69, 9.17) is 0 Å².